The maximum Gasteiger partial charge on any atom is 0.416 e. The van der Waals surface area contributed by atoms with Crippen molar-refractivity contribution in [1.29, 1.82) is 0 Å². The standard InChI is InChI=1S/C26H21F3N6O4/c27-26(28,29)17-8-10-18(11-9-17)32-25(39)35-22-21(24(37)38)33-20(34-22)13-15-4-6-16(7-5-15)23(36)31-14-19-3-1-2-12-30-19/h1-12H,13-14H2,(H,31,36)(H,33,34)(H,37,38)(H2,32,35,39). The number of alkyl halides is 3. The lowest BCUT2D eigenvalue weighted by atomic mass is 10.1. The van der Waals surface area contributed by atoms with Gasteiger partial charge in [0.25, 0.3) is 5.91 Å². The lowest BCUT2D eigenvalue weighted by molar-refractivity contribution is -0.137. The number of anilines is 2. The molecule has 0 bridgehead atoms. The van der Waals surface area contributed by atoms with Crippen LogP contribution < -0.4 is 16.0 Å². The molecule has 0 spiro atoms. The number of nitrogens with zero attached hydrogens (tertiary/aromatic N) is 2. The molecule has 2 heterocycles. The normalized spacial score (nSPS) is 11.1. The van der Waals surface area contributed by atoms with Gasteiger partial charge in [0, 0.05) is 23.9 Å². The van der Waals surface area contributed by atoms with E-state index in [0.29, 0.717) is 16.8 Å². The summed E-state index contributed by atoms with van der Waals surface area (Å²) >= 11 is 0. The second-order valence-electron chi connectivity index (χ2n) is 8.24. The molecule has 13 heteroatoms. The number of aromatic carboxylic acids is 1. The van der Waals surface area contributed by atoms with Gasteiger partial charge in [0.15, 0.2) is 11.5 Å². The van der Waals surface area contributed by atoms with Crippen molar-refractivity contribution in [3.05, 3.63) is 107 Å². The first kappa shape index (κ1) is 26.9. The van der Waals surface area contributed by atoms with Crippen molar-refractivity contribution < 1.29 is 32.7 Å². The van der Waals surface area contributed by atoms with Crippen LogP contribution in [0.5, 0.6) is 0 Å². The maximum absolute atomic E-state index is 12.7. The lowest BCUT2D eigenvalue weighted by Gasteiger charge is -2.09. The summed E-state index contributed by atoms with van der Waals surface area (Å²) in [5.41, 5.74) is 0.657. The van der Waals surface area contributed by atoms with Crippen LogP contribution in [0.15, 0.2) is 72.9 Å². The number of amides is 3. The Morgan fingerprint density at radius 3 is 2.26 bits per heavy atom. The first-order valence-electron chi connectivity index (χ1n) is 11.4. The number of halogens is 3. The van der Waals surface area contributed by atoms with Gasteiger partial charge in [-0.2, -0.15) is 13.2 Å². The van der Waals surface area contributed by atoms with Crippen molar-refractivity contribution in [3.8, 4) is 0 Å². The molecule has 4 rings (SSSR count). The third-order valence-corrected chi connectivity index (χ3v) is 5.41. The first-order valence-corrected chi connectivity index (χ1v) is 11.4. The number of aromatic nitrogens is 3. The summed E-state index contributed by atoms with van der Waals surface area (Å²) in [6, 6.07) is 14.8. The zero-order valence-electron chi connectivity index (χ0n) is 20.0. The molecular formula is C26H21F3N6O4. The summed E-state index contributed by atoms with van der Waals surface area (Å²) in [5.74, 6) is -1.71. The topological polar surface area (TPSA) is 149 Å². The fourth-order valence-corrected chi connectivity index (χ4v) is 3.51. The highest BCUT2D eigenvalue weighted by Crippen LogP contribution is 2.29. The molecule has 0 radical (unpaired) electrons. The van der Waals surface area contributed by atoms with Gasteiger partial charge in [-0.05, 0) is 54.1 Å². The Morgan fingerprint density at radius 2 is 1.64 bits per heavy atom. The summed E-state index contributed by atoms with van der Waals surface area (Å²) in [4.78, 5) is 47.3. The number of H-pyrrole nitrogens is 1. The van der Waals surface area contributed by atoms with Crippen molar-refractivity contribution in [3.63, 3.8) is 0 Å². The Bertz CT molecular complexity index is 1470. The number of benzene rings is 2. The lowest BCUT2D eigenvalue weighted by Crippen LogP contribution is -2.23. The van der Waals surface area contributed by atoms with E-state index in [1.54, 1.807) is 42.6 Å². The first-order chi connectivity index (χ1) is 18.6. The molecule has 0 aliphatic carbocycles. The van der Waals surface area contributed by atoms with Crippen LogP contribution in [0, 0.1) is 0 Å². The van der Waals surface area contributed by atoms with Crippen LogP contribution in [0.1, 0.15) is 43.5 Å². The predicted molar refractivity (Wildman–Crippen MR) is 134 cm³/mol. The molecule has 3 amide bonds. The number of carbonyl (C=O) groups is 3. The number of carboxylic acids is 1. The minimum absolute atomic E-state index is 0.0669. The van der Waals surface area contributed by atoms with Gasteiger partial charge >= 0.3 is 18.2 Å². The molecule has 0 fully saturated rings. The van der Waals surface area contributed by atoms with Crippen molar-refractivity contribution in [2.45, 2.75) is 19.1 Å². The Labute approximate surface area is 219 Å². The number of rotatable bonds is 8. The molecule has 0 aliphatic heterocycles. The number of urea groups is 1. The van der Waals surface area contributed by atoms with E-state index in [9.17, 15) is 32.7 Å². The fourth-order valence-electron chi connectivity index (χ4n) is 3.51. The second kappa shape index (κ2) is 11.5. The van der Waals surface area contributed by atoms with E-state index < -0.39 is 23.7 Å². The van der Waals surface area contributed by atoms with Gasteiger partial charge in [0.05, 0.1) is 17.8 Å². The molecule has 39 heavy (non-hydrogen) atoms. The van der Waals surface area contributed by atoms with E-state index in [2.05, 4.69) is 30.9 Å². The van der Waals surface area contributed by atoms with Gasteiger partial charge in [-0.1, -0.05) is 18.2 Å². The van der Waals surface area contributed by atoms with E-state index in [0.717, 1.165) is 24.3 Å². The van der Waals surface area contributed by atoms with Crippen LogP contribution in [0.25, 0.3) is 0 Å². The third-order valence-electron chi connectivity index (χ3n) is 5.41. The van der Waals surface area contributed by atoms with Crippen molar-refractivity contribution >= 4 is 29.4 Å². The van der Waals surface area contributed by atoms with Crippen LogP contribution in [-0.4, -0.2) is 38.0 Å². The fraction of sp³-hybridized carbons (Fsp3) is 0.115. The highest BCUT2D eigenvalue weighted by molar-refractivity contribution is 6.03. The van der Waals surface area contributed by atoms with Gasteiger partial charge < -0.3 is 20.7 Å². The summed E-state index contributed by atoms with van der Waals surface area (Å²) in [7, 11) is 0. The van der Waals surface area contributed by atoms with Gasteiger partial charge in [-0.25, -0.2) is 14.6 Å². The SMILES string of the molecule is O=C(Nc1ccc(C(F)(F)F)cc1)Nc1nc(Cc2ccc(C(=O)NCc3ccccn3)cc2)[nH]c1C(=O)O. The van der Waals surface area contributed by atoms with Crippen LogP contribution in [-0.2, 0) is 19.1 Å². The quantitative estimate of drug-likeness (QED) is 0.220. The number of hydrogen-bond acceptors (Lipinski definition) is 5. The van der Waals surface area contributed by atoms with Crippen molar-refractivity contribution in [1.82, 2.24) is 20.3 Å². The van der Waals surface area contributed by atoms with Crippen LogP contribution in [0.4, 0.5) is 29.5 Å². The zero-order chi connectivity index (χ0) is 28.0. The van der Waals surface area contributed by atoms with Gasteiger partial charge in [0.1, 0.15) is 5.82 Å². The maximum atomic E-state index is 12.7. The summed E-state index contributed by atoms with van der Waals surface area (Å²) in [5, 5.41) is 16.9. The van der Waals surface area contributed by atoms with E-state index in [-0.39, 0.29) is 41.9 Å². The number of imidazole rings is 1. The third kappa shape index (κ3) is 7.19. The molecule has 5 N–H and O–H groups in total. The molecule has 0 saturated heterocycles. The molecule has 0 aliphatic rings. The van der Waals surface area contributed by atoms with E-state index in [4.69, 9.17) is 0 Å². The Kier molecular flexibility index (Phi) is 7.89. The number of nitrogens with one attached hydrogen (secondary N) is 4. The number of carboxylic acid groups (broad SMARTS) is 1. The van der Waals surface area contributed by atoms with E-state index >= 15 is 0 Å². The molecule has 2 aromatic heterocycles. The van der Waals surface area contributed by atoms with E-state index in [1.807, 2.05) is 6.07 Å². The van der Waals surface area contributed by atoms with Crippen LogP contribution in [0.3, 0.4) is 0 Å². The van der Waals surface area contributed by atoms with Gasteiger partial charge in [0.2, 0.25) is 0 Å². The summed E-state index contributed by atoms with van der Waals surface area (Å²) < 4.78 is 38.1. The van der Waals surface area contributed by atoms with Crippen molar-refractivity contribution in [2.24, 2.45) is 0 Å². The van der Waals surface area contributed by atoms with E-state index in [1.165, 1.54) is 0 Å². The van der Waals surface area contributed by atoms with Crippen LogP contribution >= 0.6 is 0 Å². The second-order valence-corrected chi connectivity index (χ2v) is 8.24. The average Bonchev–Trinajstić information content (AvgIpc) is 3.30. The number of aromatic amines is 1. The van der Waals surface area contributed by atoms with Gasteiger partial charge in [-0.3, -0.25) is 15.1 Å². The smallest absolute Gasteiger partial charge is 0.416 e. The molecule has 0 atom stereocenters. The average molecular weight is 538 g/mol. The predicted octanol–water partition coefficient (Wildman–Crippen LogP) is 4.69. The molecule has 0 saturated carbocycles. The molecule has 2 aromatic carbocycles. The summed E-state index contributed by atoms with van der Waals surface area (Å²) in [6.45, 7) is 0.272. The number of hydrogen-bond donors (Lipinski definition) is 5. The Morgan fingerprint density at radius 1 is 0.923 bits per heavy atom. The highest BCUT2D eigenvalue weighted by Gasteiger charge is 2.30. The minimum Gasteiger partial charge on any atom is -0.476 e. The summed E-state index contributed by atoms with van der Waals surface area (Å²) in [6.07, 6.45) is -2.72. The molecule has 10 nitrogen and oxygen atoms in total. The van der Waals surface area contributed by atoms with Gasteiger partial charge in [-0.15, -0.1) is 0 Å². The molecule has 200 valence electrons. The molecular weight excluding hydrogens is 517 g/mol. The number of carbonyl (C=O) groups excluding carboxylic acids is 2. The van der Waals surface area contributed by atoms with Crippen LogP contribution in [0.2, 0.25) is 0 Å². The minimum atomic E-state index is -4.52. The zero-order valence-corrected chi connectivity index (χ0v) is 20.0. The monoisotopic (exact) mass is 538 g/mol. The number of pyridine rings is 1. The Hall–Kier alpha value is -5.20. The van der Waals surface area contributed by atoms with Crippen molar-refractivity contribution in [2.75, 3.05) is 10.6 Å². The highest BCUT2D eigenvalue weighted by atomic mass is 19.4. The molecule has 4 aromatic rings. The molecule has 0 unspecified atom stereocenters. The Balaban J connectivity index is 1.38. The largest absolute Gasteiger partial charge is 0.476 e.